The Labute approximate surface area is 191 Å². The molecule has 1 fully saturated rings. The summed E-state index contributed by atoms with van der Waals surface area (Å²) in [6.07, 6.45) is 2.94. The summed E-state index contributed by atoms with van der Waals surface area (Å²) in [5.41, 5.74) is 3.71. The highest BCUT2D eigenvalue weighted by Gasteiger charge is 2.47. The third-order valence-corrected chi connectivity index (χ3v) is 6.76. The molecule has 3 atom stereocenters. The summed E-state index contributed by atoms with van der Waals surface area (Å²) in [7, 11) is 0. The Hall–Kier alpha value is -2.21. The number of hydrogen-bond acceptors (Lipinski definition) is 4. The van der Waals surface area contributed by atoms with Crippen molar-refractivity contribution in [1.29, 1.82) is 0 Å². The zero-order valence-electron chi connectivity index (χ0n) is 17.7. The fourth-order valence-electron chi connectivity index (χ4n) is 4.73. The van der Waals surface area contributed by atoms with Crippen molar-refractivity contribution in [2.45, 2.75) is 39.3 Å². The van der Waals surface area contributed by atoms with Crippen LogP contribution in [-0.4, -0.2) is 22.6 Å². The van der Waals surface area contributed by atoms with Crippen LogP contribution in [-0.2, 0) is 9.63 Å². The highest BCUT2D eigenvalue weighted by Crippen LogP contribution is 2.52. The molecule has 3 heterocycles. The number of aromatic amines is 1. The zero-order chi connectivity index (χ0) is 21.9. The lowest BCUT2D eigenvalue weighted by Gasteiger charge is -2.39. The molecule has 0 saturated carbocycles. The molecule has 0 radical (unpaired) electrons. The van der Waals surface area contributed by atoms with Crippen LogP contribution in [0.5, 0.6) is 0 Å². The molecule has 7 heteroatoms. The summed E-state index contributed by atoms with van der Waals surface area (Å²) >= 11 is 12.7. The summed E-state index contributed by atoms with van der Waals surface area (Å²) in [5.74, 6) is -0.0256. The van der Waals surface area contributed by atoms with Gasteiger partial charge in [-0.1, -0.05) is 23.2 Å². The summed E-state index contributed by atoms with van der Waals surface area (Å²) in [6, 6.07) is 11.7. The van der Waals surface area contributed by atoms with Gasteiger partial charge in [-0.2, -0.15) is 0 Å². The van der Waals surface area contributed by atoms with Crippen molar-refractivity contribution < 1.29 is 9.63 Å². The Balaban J connectivity index is 1.58. The van der Waals surface area contributed by atoms with Crippen LogP contribution < -0.4 is 5.32 Å². The molecule has 31 heavy (non-hydrogen) atoms. The lowest BCUT2D eigenvalue weighted by atomic mass is 9.80. The van der Waals surface area contributed by atoms with E-state index >= 15 is 0 Å². The molecule has 2 aliphatic heterocycles. The second kappa shape index (κ2) is 7.44. The number of anilines is 1. The lowest BCUT2D eigenvalue weighted by Crippen LogP contribution is -2.38. The van der Waals surface area contributed by atoms with Crippen molar-refractivity contribution in [2.24, 2.45) is 11.3 Å². The van der Waals surface area contributed by atoms with Crippen LogP contribution in [0.25, 0.3) is 10.9 Å². The minimum absolute atomic E-state index is 0.0456. The van der Waals surface area contributed by atoms with Gasteiger partial charge in [0, 0.05) is 45.3 Å². The van der Waals surface area contributed by atoms with E-state index in [1.165, 1.54) is 0 Å². The molecule has 0 bridgehead atoms. The molecule has 0 aliphatic carbocycles. The number of hydrogen-bond donors (Lipinski definition) is 2. The maximum atomic E-state index is 12.7. The van der Waals surface area contributed by atoms with Gasteiger partial charge >= 0.3 is 5.97 Å². The molecule has 5 nitrogen and oxygen atoms in total. The van der Waals surface area contributed by atoms with E-state index in [2.05, 4.69) is 16.5 Å². The highest BCUT2D eigenvalue weighted by molar-refractivity contribution is 6.31. The van der Waals surface area contributed by atoms with Crippen molar-refractivity contribution in [3.8, 4) is 0 Å². The summed E-state index contributed by atoms with van der Waals surface area (Å²) < 4.78 is 0. The molecule has 2 N–H and O–H groups in total. The molecule has 1 aromatic heterocycles. The van der Waals surface area contributed by atoms with E-state index in [-0.39, 0.29) is 24.0 Å². The predicted octanol–water partition coefficient (Wildman–Crippen LogP) is 6.51. The van der Waals surface area contributed by atoms with Crippen LogP contribution in [0.1, 0.15) is 50.4 Å². The van der Waals surface area contributed by atoms with E-state index in [0.29, 0.717) is 16.6 Å². The first-order valence-corrected chi connectivity index (χ1v) is 11.3. The maximum Gasteiger partial charge on any atom is 0.330 e. The number of hydroxylamine groups is 2. The van der Waals surface area contributed by atoms with Gasteiger partial charge in [0.05, 0.1) is 17.5 Å². The normalized spacial score (nSPS) is 23.3. The van der Waals surface area contributed by atoms with Crippen molar-refractivity contribution in [3.63, 3.8) is 0 Å². The highest BCUT2D eigenvalue weighted by atomic mass is 35.5. The van der Waals surface area contributed by atoms with Gasteiger partial charge in [-0.3, -0.25) is 0 Å². The minimum Gasteiger partial charge on any atom is -0.378 e. The van der Waals surface area contributed by atoms with Crippen molar-refractivity contribution in [2.75, 3.05) is 11.9 Å². The molecule has 1 saturated heterocycles. The molecule has 0 spiro atoms. The van der Waals surface area contributed by atoms with E-state index in [4.69, 9.17) is 28.0 Å². The van der Waals surface area contributed by atoms with Crippen molar-refractivity contribution >= 4 is 45.8 Å². The Morgan fingerprint density at radius 3 is 2.61 bits per heavy atom. The Bertz CT molecular complexity index is 1170. The SMILES string of the molecule is CC(C)(C)C(=O)ON1CCC2C1c1cc(Cl)ccc1N[C@H]2c1c[nH]c2ccc(Cl)cc12. The zero-order valence-corrected chi connectivity index (χ0v) is 19.2. The van der Waals surface area contributed by atoms with Gasteiger partial charge in [0.1, 0.15) is 0 Å². The first-order valence-electron chi connectivity index (χ1n) is 10.5. The quantitative estimate of drug-likeness (QED) is 0.460. The summed E-state index contributed by atoms with van der Waals surface area (Å²) in [4.78, 5) is 22.0. The van der Waals surface area contributed by atoms with Crippen molar-refractivity contribution in [3.05, 3.63) is 63.8 Å². The fraction of sp³-hybridized carbons (Fsp3) is 0.375. The summed E-state index contributed by atoms with van der Waals surface area (Å²) in [6.45, 7) is 6.28. The van der Waals surface area contributed by atoms with Crippen molar-refractivity contribution in [1.82, 2.24) is 10.0 Å². The standard InChI is InChI=1S/C24H25Cl2N3O2/c1-24(2,3)23(30)31-29-9-8-15-21(18-12-27-19-6-4-13(25)10-16(18)19)28-20-7-5-14(26)11-17(20)22(15)29/h4-7,10-12,15,21-22,27-28H,8-9H2,1-3H3/t15?,21-,22?/m1/s1. The average Bonchev–Trinajstić information content (AvgIpc) is 3.31. The topological polar surface area (TPSA) is 57.4 Å². The molecule has 0 amide bonds. The number of carbonyl (C=O) groups excluding carboxylic acids is 1. The van der Waals surface area contributed by atoms with E-state index < -0.39 is 5.41 Å². The maximum absolute atomic E-state index is 12.7. The van der Waals surface area contributed by atoms with Crippen LogP contribution in [0.3, 0.4) is 0 Å². The van der Waals surface area contributed by atoms with Gasteiger partial charge in [-0.15, -0.1) is 5.06 Å². The van der Waals surface area contributed by atoms with Gasteiger partial charge in [-0.25, -0.2) is 4.79 Å². The molecular weight excluding hydrogens is 433 g/mol. The van der Waals surface area contributed by atoms with E-state index in [1.807, 2.05) is 62.2 Å². The van der Waals surface area contributed by atoms with E-state index in [1.54, 1.807) is 0 Å². The van der Waals surface area contributed by atoms with Crippen LogP contribution >= 0.6 is 23.2 Å². The van der Waals surface area contributed by atoms with Crippen LogP contribution in [0.2, 0.25) is 10.0 Å². The third kappa shape index (κ3) is 3.59. The van der Waals surface area contributed by atoms with Gasteiger partial charge in [0.2, 0.25) is 0 Å². The Morgan fingerprint density at radius 1 is 1.10 bits per heavy atom. The van der Waals surface area contributed by atoms with Gasteiger partial charge in [0.15, 0.2) is 0 Å². The Morgan fingerprint density at radius 2 is 1.84 bits per heavy atom. The molecule has 2 aliphatic rings. The molecule has 3 aromatic rings. The second-order valence-corrected chi connectivity index (χ2v) is 10.3. The minimum atomic E-state index is -0.574. The van der Waals surface area contributed by atoms with Crippen LogP contribution in [0.4, 0.5) is 5.69 Å². The second-order valence-electron chi connectivity index (χ2n) is 9.45. The Kier molecular flexibility index (Phi) is 4.96. The number of benzene rings is 2. The van der Waals surface area contributed by atoms with E-state index in [0.717, 1.165) is 34.1 Å². The smallest absolute Gasteiger partial charge is 0.330 e. The molecule has 2 aromatic carbocycles. The molecular formula is C24H25Cl2N3O2. The van der Waals surface area contributed by atoms with Gasteiger partial charge in [0.25, 0.3) is 0 Å². The van der Waals surface area contributed by atoms with E-state index in [9.17, 15) is 4.79 Å². The van der Waals surface area contributed by atoms with Crippen LogP contribution in [0.15, 0.2) is 42.6 Å². The predicted molar refractivity (Wildman–Crippen MR) is 124 cm³/mol. The first kappa shape index (κ1) is 20.7. The lowest BCUT2D eigenvalue weighted by molar-refractivity contribution is -0.207. The number of nitrogens with one attached hydrogen (secondary N) is 2. The number of halogens is 2. The van der Waals surface area contributed by atoms with Gasteiger partial charge < -0.3 is 15.1 Å². The fourth-order valence-corrected chi connectivity index (χ4v) is 5.08. The number of H-pyrrole nitrogens is 1. The number of rotatable bonds is 2. The first-order chi connectivity index (χ1) is 14.7. The van der Waals surface area contributed by atoms with Gasteiger partial charge in [-0.05, 0) is 74.7 Å². The third-order valence-electron chi connectivity index (χ3n) is 6.29. The number of nitrogens with zero attached hydrogens (tertiary/aromatic N) is 1. The molecule has 5 rings (SSSR count). The largest absolute Gasteiger partial charge is 0.378 e. The number of carbonyl (C=O) groups is 1. The summed E-state index contributed by atoms with van der Waals surface area (Å²) in [5, 5.41) is 8.06. The molecule has 162 valence electrons. The number of aromatic nitrogens is 1. The van der Waals surface area contributed by atoms with Crippen LogP contribution in [0, 0.1) is 11.3 Å². The average molecular weight is 458 g/mol. The monoisotopic (exact) mass is 457 g/mol. The number of fused-ring (bicyclic) bond motifs is 4. The molecule has 2 unspecified atom stereocenters.